The first-order chi connectivity index (χ1) is 13.7. The van der Waals surface area contributed by atoms with Crippen molar-refractivity contribution in [1.82, 2.24) is 9.80 Å². The van der Waals surface area contributed by atoms with E-state index in [1.165, 1.54) is 16.7 Å². The van der Waals surface area contributed by atoms with Gasteiger partial charge in [-0.1, -0.05) is 18.2 Å². The molecule has 2 saturated heterocycles. The maximum Gasteiger partial charge on any atom is 0.410 e. The second-order valence-corrected chi connectivity index (χ2v) is 9.14. The Hall–Kier alpha value is -2.08. The second kappa shape index (κ2) is 8.74. The van der Waals surface area contributed by atoms with E-state index < -0.39 is 5.60 Å². The number of carbonyl (C=O) groups excluding carboxylic acids is 2. The van der Waals surface area contributed by atoms with Crippen molar-refractivity contribution in [2.45, 2.75) is 71.6 Å². The summed E-state index contributed by atoms with van der Waals surface area (Å²) >= 11 is 0. The number of rotatable bonds is 3. The molecule has 29 heavy (non-hydrogen) atoms. The average Bonchev–Trinajstić information content (AvgIpc) is 3.12. The molecule has 0 saturated carbocycles. The summed E-state index contributed by atoms with van der Waals surface area (Å²) in [6, 6.07) is 6.14. The van der Waals surface area contributed by atoms with Gasteiger partial charge in [0.05, 0.1) is 25.3 Å². The highest BCUT2D eigenvalue weighted by molar-refractivity contribution is 5.79. The Morgan fingerprint density at radius 3 is 2.66 bits per heavy atom. The van der Waals surface area contributed by atoms with E-state index in [9.17, 15) is 9.59 Å². The van der Waals surface area contributed by atoms with Crippen molar-refractivity contribution >= 4 is 12.0 Å². The molecule has 2 aliphatic rings. The highest BCUT2D eigenvalue weighted by atomic mass is 16.6. The van der Waals surface area contributed by atoms with E-state index in [4.69, 9.17) is 9.47 Å². The minimum atomic E-state index is -0.563. The zero-order valence-corrected chi connectivity index (χ0v) is 18.4. The molecule has 2 amide bonds. The lowest BCUT2D eigenvalue weighted by atomic mass is 9.95. The number of likely N-dealkylation sites (tertiary alicyclic amines) is 1. The summed E-state index contributed by atoms with van der Waals surface area (Å²) in [6.45, 7) is 11.8. The van der Waals surface area contributed by atoms with Crippen LogP contribution < -0.4 is 0 Å². The Labute approximate surface area is 174 Å². The summed E-state index contributed by atoms with van der Waals surface area (Å²) in [5.41, 5.74) is 3.18. The first kappa shape index (κ1) is 21.6. The number of amides is 2. The van der Waals surface area contributed by atoms with Gasteiger partial charge in [0.15, 0.2) is 0 Å². The third-order valence-corrected chi connectivity index (χ3v) is 5.84. The molecular weight excluding hydrogens is 368 g/mol. The van der Waals surface area contributed by atoms with Crippen molar-refractivity contribution in [1.29, 1.82) is 0 Å². The van der Waals surface area contributed by atoms with Gasteiger partial charge in [-0.05, 0) is 64.2 Å². The van der Waals surface area contributed by atoms with E-state index in [2.05, 4.69) is 32.0 Å². The number of hydrogen-bond acceptors (Lipinski definition) is 4. The molecule has 0 unspecified atom stereocenters. The third kappa shape index (κ3) is 5.10. The molecule has 1 aromatic rings. The van der Waals surface area contributed by atoms with E-state index >= 15 is 0 Å². The van der Waals surface area contributed by atoms with Crippen molar-refractivity contribution in [2.24, 2.45) is 0 Å². The third-order valence-electron chi connectivity index (χ3n) is 5.84. The molecule has 1 aromatic carbocycles. The van der Waals surface area contributed by atoms with E-state index in [1.807, 2.05) is 25.7 Å². The lowest BCUT2D eigenvalue weighted by Crippen LogP contribution is -2.52. The summed E-state index contributed by atoms with van der Waals surface area (Å²) in [7, 11) is 0. The average molecular weight is 403 g/mol. The number of carbonyl (C=O) groups is 2. The van der Waals surface area contributed by atoms with Crippen LogP contribution >= 0.6 is 0 Å². The zero-order chi connectivity index (χ0) is 21.2. The van der Waals surface area contributed by atoms with Crippen LogP contribution in [0.4, 0.5) is 4.79 Å². The predicted molar refractivity (Wildman–Crippen MR) is 112 cm³/mol. The van der Waals surface area contributed by atoms with Gasteiger partial charge >= 0.3 is 6.09 Å². The van der Waals surface area contributed by atoms with Crippen LogP contribution in [0.1, 0.15) is 62.8 Å². The van der Waals surface area contributed by atoms with Crippen molar-refractivity contribution in [3.8, 4) is 0 Å². The van der Waals surface area contributed by atoms with Crippen LogP contribution in [0.2, 0.25) is 0 Å². The molecule has 6 heteroatoms. The molecule has 3 rings (SSSR count). The van der Waals surface area contributed by atoms with Crippen LogP contribution in [0.5, 0.6) is 0 Å². The number of benzene rings is 1. The van der Waals surface area contributed by atoms with Gasteiger partial charge in [-0.15, -0.1) is 0 Å². The number of ether oxygens (including phenoxy) is 2. The van der Waals surface area contributed by atoms with E-state index in [0.29, 0.717) is 19.8 Å². The molecule has 2 atom stereocenters. The Morgan fingerprint density at radius 2 is 1.93 bits per heavy atom. The summed E-state index contributed by atoms with van der Waals surface area (Å²) in [4.78, 5) is 29.5. The molecule has 0 N–H and O–H groups in total. The molecule has 160 valence electrons. The van der Waals surface area contributed by atoms with Crippen LogP contribution in [0.25, 0.3) is 0 Å². The van der Waals surface area contributed by atoms with Gasteiger partial charge in [0.2, 0.25) is 5.91 Å². The number of aryl methyl sites for hydroxylation is 1. The number of hydrogen-bond donors (Lipinski definition) is 0. The molecule has 0 spiro atoms. The summed E-state index contributed by atoms with van der Waals surface area (Å²) in [5.74, 6) is 0.0810. The van der Waals surface area contributed by atoms with Crippen molar-refractivity contribution < 1.29 is 19.1 Å². The van der Waals surface area contributed by atoms with Crippen LogP contribution in [-0.2, 0) is 14.3 Å². The SMILES string of the molecule is Cc1cccc([C@@H]2CCCN2C(=O)C[C@H]2COCCN2C(=O)OC(C)(C)C)c1C. The summed E-state index contributed by atoms with van der Waals surface area (Å²) < 4.78 is 11.1. The Balaban J connectivity index is 1.72. The second-order valence-electron chi connectivity index (χ2n) is 9.14. The molecule has 0 aliphatic carbocycles. The largest absolute Gasteiger partial charge is 0.444 e. The molecule has 0 radical (unpaired) electrons. The fraction of sp³-hybridized carbons (Fsp3) is 0.652. The highest BCUT2D eigenvalue weighted by Gasteiger charge is 2.36. The molecular formula is C23H34N2O4. The lowest BCUT2D eigenvalue weighted by Gasteiger charge is -2.37. The molecule has 2 aliphatic heterocycles. The molecule has 2 heterocycles. The topological polar surface area (TPSA) is 59.1 Å². The summed E-state index contributed by atoms with van der Waals surface area (Å²) in [5, 5.41) is 0. The van der Waals surface area contributed by atoms with Crippen molar-refractivity contribution in [2.75, 3.05) is 26.3 Å². The van der Waals surface area contributed by atoms with Gasteiger partial charge in [-0.2, -0.15) is 0 Å². The van der Waals surface area contributed by atoms with Crippen LogP contribution in [0.3, 0.4) is 0 Å². The highest BCUT2D eigenvalue weighted by Crippen LogP contribution is 2.35. The smallest absolute Gasteiger partial charge is 0.410 e. The van der Waals surface area contributed by atoms with Gasteiger partial charge in [0.1, 0.15) is 5.60 Å². The van der Waals surface area contributed by atoms with E-state index in [-0.39, 0.29) is 30.5 Å². The maximum absolute atomic E-state index is 13.2. The van der Waals surface area contributed by atoms with E-state index in [1.54, 1.807) is 4.90 Å². The summed E-state index contributed by atoms with van der Waals surface area (Å²) in [6.07, 6.45) is 1.88. The monoisotopic (exact) mass is 402 g/mol. The van der Waals surface area contributed by atoms with Gasteiger partial charge < -0.3 is 19.3 Å². The standard InChI is InChI=1S/C23H34N2O4/c1-16-8-6-9-19(17(16)2)20-10-7-11-25(20)21(26)14-18-15-28-13-12-24(18)22(27)29-23(3,4)5/h6,8-9,18,20H,7,10-15H2,1-5H3/t18-,20-/m0/s1. The lowest BCUT2D eigenvalue weighted by molar-refractivity contribution is -0.135. The van der Waals surface area contributed by atoms with Gasteiger partial charge in [-0.25, -0.2) is 4.79 Å². The fourth-order valence-electron chi connectivity index (χ4n) is 4.23. The Morgan fingerprint density at radius 1 is 1.17 bits per heavy atom. The molecule has 0 aromatic heterocycles. The van der Waals surface area contributed by atoms with Gasteiger partial charge in [0, 0.05) is 19.5 Å². The van der Waals surface area contributed by atoms with Gasteiger partial charge in [-0.3, -0.25) is 4.79 Å². The van der Waals surface area contributed by atoms with Gasteiger partial charge in [0.25, 0.3) is 0 Å². The minimum Gasteiger partial charge on any atom is -0.444 e. The van der Waals surface area contributed by atoms with Crippen LogP contribution in [-0.4, -0.2) is 59.7 Å². The van der Waals surface area contributed by atoms with Crippen LogP contribution in [0, 0.1) is 13.8 Å². The molecule has 2 fully saturated rings. The fourth-order valence-corrected chi connectivity index (χ4v) is 4.23. The maximum atomic E-state index is 13.2. The van der Waals surface area contributed by atoms with Crippen molar-refractivity contribution in [3.63, 3.8) is 0 Å². The first-order valence-corrected chi connectivity index (χ1v) is 10.6. The van der Waals surface area contributed by atoms with Crippen molar-refractivity contribution in [3.05, 3.63) is 34.9 Å². The quantitative estimate of drug-likeness (QED) is 0.767. The normalized spacial score (nSPS) is 22.7. The predicted octanol–water partition coefficient (Wildman–Crippen LogP) is 3.99. The Kier molecular flexibility index (Phi) is 6.52. The Bertz CT molecular complexity index is 756. The number of morpholine rings is 1. The minimum absolute atomic E-state index is 0.0810. The van der Waals surface area contributed by atoms with Crippen LogP contribution in [0.15, 0.2) is 18.2 Å². The zero-order valence-electron chi connectivity index (χ0n) is 18.4. The first-order valence-electron chi connectivity index (χ1n) is 10.6. The number of nitrogens with zero attached hydrogens (tertiary/aromatic N) is 2. The van der Waals surface area contributed by atoms with E-state index in [0.717, 1.165) is 19.4 Å². The molecule has 0 bridgehead atoms. The molecule has 6 nitrogen and oxygen atoms in total.